The van der Waals surface area contributed by atoms with E-state index in [0.717, 1.165) is 17.5 Å². The van der Waals surface area contributed by atoms with E-state index in [1.165, 1.54) is 9.47 Å². The lowest BCUT2D eigenvalue weighted by atomic mass is 10.0. The number of nitrogens with zero attached hydrogens (tertiary/aromatic N) is 2. The van der Waals surface area contributed by atoms with Crippen molar-refractivity contribution in [2.75, 3.05) is 17.7 Å². The zero-order valence-corrected chi connectivity index (χ0v) is 19.5. The molecular formula is C25H30N4O4. The number of carbonyl (C=O) groups excluding carboxylic acids is 1. The molecular weight excluding hydrogens is 420 g/mol. The molecule has 0 fully saturated rings. The molecule has 1 heterocycles. The van der Waals surface area contributed by atoms with E-state index in [4.69, 9.17) is 10.5 Å². The summed E-state index contributed by atoms with van der Waals surface area (Å²) in [6.45, 7) is 6.15. The fourth-order valence-corrected chi connectivity index (χ4v) is 3.76. The van der Waals surface area contributed by atoms with Crippen LogP contribution in [0.5, 0.6) is 5.75 Å². The number of H-pyrrole nitrogens is 1. The van der Waals surface area contributed by atoms with Gasteiger partial charge in [0.2, 0.25) is 0 Å². The number of aromatic amines is 1. The lowest BCUT2D eigenvalue weighted by Gasteiger charge is -2.26. The zero-order valence-electron chi connectivity index (χ0n) is 19.5. The largest absolute Gasteiger partial charge is 0.496 e. The van der Waals surface area contributed by atoms with Crippen molar-refractivity contribution in [3.63, 3.8) is 0 Å². The molecule has 0 saturated carbocycles. The number of hydrogen-bond donors (Lipinski definition) is 2. The Morgan fingerprint density at radius 1 is 1.12 bits per heavy atom. The van der Waals surface area contributed by atoms with Crippen molar-refractivity contribution in [1.82, 2.24) is 9.55 Å². The summed E-state index contributed by atoms with van der Waals surface area (Å²) in [6, 6.07) is 12.7. The molecule has 3 N–H and O–H groups in total. The van der Waals surface area contributed by atoms with Crippen molar-refractivity contribution >= 4 is 17.4 Å². The summed E-state index contributed by atoms with van der Waals surface area (Å²) in [5, 5.41) is 0. The van der Waals surface area contributed by atoms with Crippen molar-refractivity contribution in [3.8, 4) is 5.75 Å². The molecule has 3 aromatic rings. The number of carbonyl (C=O) groups is 1. The van der Waals surface area contributed by atoms with Crippen LogP contribution in [0.4, 0.5) is 11.5 Å². The number of unbranched alkanes of at least 4 members (excludes halogenated alkanes) is 1. The van der Waals surface area contributed by atoms with E-state index >= 15 is 0 Å². The van der Waals surface area contributed by atoms with Crippen LogP contribution in [0.25, 0.3) is 0 Å². The van der Waals surface area contributed by atoms with Gasteiger partial charge in [-0.1, -0.05) is 43.7 Å². The first kappa shape index (κ1) is 23.8. The number of nitrogens with two attached hydrogens (primary N) is 1. The third kappa shape index (κ3) is 4.84. The van der Waals surface area contributed by atoms with Gasteiger partial charge in [0.05, 0.1) is 13.7 Å². The van der Waals surface area contributed by atoms with Gasteiger partial charge in [-0.25, -0.2) is 4.79 Å². The molecule has 2 aromatic carbocycles. The third-order valence-corrected chi connectivity index (χ3v) is 5.82. The van der Waals surface area contributed by atoms with Crippen LogP contribution in [0.1, 0.15) is 46.8 Å². The van der Waals surface area contributed by atoms with E-state index in [-0.39, 0.29) is 24.0 Å². The minimum Gasteiger partial charge on any atom is -0.496 e. The van der Waals surface area contributed by atoms with E-state index in [1.807, 2.05) is 45.0 Å². The number of aryl methyl sites for hydroxylation is 1. The first-order chi connectivity index (χ1) is 15.8. The molecule has 8 nitrogen and oxygen atoms in total. The van der Waals surface area contributed by atoms with Crippen LogP contribution in [0.3, 0.4) is 0 Å². The van der Waals surface area contributed by atoms with E-state index < -0.39 is 11.2 Å². The molecule has 3 rings (SSSR count). The molecule has 0 radical (unpaired) electrons. The molecule has 8 heteroatoms. The Balaban J connectivity index is 2.23. The summed E-state index contributed by atoms with van der Waals surface area (Å²) >= 11 is 0. The number of benzene rings is 2. The van der Waals surface area contributed by atoms with E-state index in [1.54, 1.807) is 25.3 Å². The Morgan fingerprint density at radius 3 is 2.55 bits per heavy atom. The molecule has 0 spiro atoms. The molecule has 0 aliphatic heterocycles. The van der Waals surface area contributed by atoms with Crippen LogP contribution >= 0.6 is 0 Å². The fourth-order valence-electron chi connectivity index (χ4n) is 3.76. The van der Waals surface area contributed by atoms with Crippen molar-refractivity contribution in [1.29, 1.82) is 0 Å². The Labute approximate surface area is 192 Å². The Kier molecular flexibility index (Phi) is 7.37. The second-order valence-electron chi connectivity index (χ2n) is 7.95. The third-order valence-electron chi connectivity index (χ3n) is 5.82. The van der Waals surface area contributed by atoms with Crippen LogP contribution in [0.15, 0.2) is 52.1 Å². The van der Waals surface area contributed by atoms with Gasteiger partial charge in [0.1, 0.15) is 11.6 Å². The monoisotopic (exact) mass is 450 g/mol. The first-order valence-electron chi connectivity index (χ1n) is 10.9. The number of hydrogen-bond acceptors (Lipinski definition) is 5. The van der Waals surface area contributed by atoms with Gasteiger partial charge in [0, 0.05) is 17.7 Å². The Hall–Kier alpha value is -3.81. The molecule has 0 aliphatic carbocycles. The second kappa shape index (κ2) is 10.2. The number of nitrogen functional groups attached to an aromatic ring is 1. The molecule has 0 aliphatic rings. The molecule has 33 heavy (non-hydrogen) atoms. The van der Waals surface area contributed by atoms with E-state index in [0.29, 0.717) is 29.8 Å². The van der Waals surface area contributed by atoms with Crippen LogP contribution in [-0.2, 0) is 13.1 Å². The Morgan fingerprint density at radius 2 is 1.85 bits per heavy atom. The molecule has 1 aromatic heterocycles. The van der Waals surface area contributed by atoms with Crippen LogP contribution in [0, 0.1) is 13.8 Å². The minimum atomic E-state index is -0.709. The number of methoxy groups -OCH3 is 1. The number of para-hydroxylation sites is 1. The molecule has 0 atom stereocenters. The average molecular weight is 451 g/mol. The highest BCUT2D eigenvalue weighted by atomic mass is 16.5. The maximum absolute atomic E-state index is 13.8. The predicted octanol–water partition coefficient (Wildman–Crippen LogP) is 3.39. The predicted molar refractivity (Wildman–Crippen MR) is 130 cm³/mol. The van der Waals surface area contributed by atoms with Crippen LogP contribution in [-0.4, -0.2) is 22.6 Å². The van der Waals surface area contributed by atoms with Gasteiger partial charge >= 0.3 is 5.69 Å². The van der Waals surface area contributed by atoms with Gasteiger partial charge < -0.3 is 10.5 Å². The topological polar surface area (TPSA) is 110 Å². The minimum absolute atomic E-state index is 0.0363. The zero-order chi connectivity index (χ0) is 24.1. The van der Waals surface area contributed by atoms with Crippen molar-refractivity contribution in [2.24, 2.45) is 0 Å². The summed E-state index contributed by atoms with van der Waals surface area (Å²) in [7, 11) is 1.54. The highest BCUT2D eigenvalue weighted by Crippen LogP contribution is 2.27. The molecule has 1 amide bonds. The fraction of sp³-hybridized carbons (Fsp3) is 0.320. The van der Waals surface area contributed by atoms with Crippen molar-refractivity contribution in [2.45, 2.75) is 46.7 Å². The Bertz CT molecular complexity index is 1280. The lowest BCUT2D eigenvalue weighted by Crippen LogP contribution is -2.41. The molecule has 0 unspecified atom stereocenters. The summed E-state index contributed by atoms with van der Waals surface area (Å²) in [6.07, 6.45) is 1.54. The van der Waals surface area contributed by atoms with Gasteiger partial charge in [-0.05, 0) is 43.5 Å². The molecule has 174 valence electrons. The highest BCUT2D eigenvalue weighted by Gasteiger charge is 2.27. The number of rotatable bonds is 8. The van der Waals surface area contributed by atoms with Gasteiger partial charge in [0.15, 0.2) is 5.69 Å². The number of amides is 1. The molecule has 0 saturated heterocycles. The lowest BCUT2D eigenvalue weighted by molar-refractivity contribution is 0.0984. The highest BCUT2D eigenvalue weighted by molar-refractivity contribution is 6.08. The van der Waals surface area contributed by atoms with E-state index in [9.17, 15) is 14.4 Å². The quantitative estimate of drug-likeness (QED) is 0.547. The standard InChI is InChI=1S/C25H30N4O4/c1-5-6-14-28-22(26)21(23(30)27-25(28)32)29(15-18-11-7-8-13-20(18)33-4)24(31)19-12-9-10-16(2)17(19)3/h7-13H,5-6,14-15,26H2,1-4H3,(H,27,30,32). The van der Waals surface area contributed by atoms with Gasteiger partial charge in [-0.15, -0.1) is 0 Å². The number of anilines is 2. The summed E-state index contributed by atoms with van der Waals surface area (Å²) < 4.78 is 6.77. The van der Waals surface area contributed by atoms with Crippen molar-refractivity contribution in [3.05, 3.63) is 85.6 Å². The SMILES string of the molecule is CCCCn1c(N)c(N(Cc2ccccc2OC)C(=O)c2cccc(C)c2C)c(=O)[nH]c1=O. The maximum Gasteiger partial charge on any atom is 0.330 e. The van der Waals surface area contributed by atoms with E-state index in [2.05, 4.69) is 4.98 Å². The normalized spacial score (nSPS) is 10.8. The van der Waals surface area contributed by atoms with Gasteiger partial charge in [-0.2, -0.15) is 0 Å². The summed E-state index contributed by atoms with van der Waals surface area (Å²) in [5.41, 5.74) is 7.91. The number of aromatic nitrogens is 2. The van der Waals surface area contributed by atoms with Crippen LogP contribution in [0.2, 0.25) is 0 Å². The first-order valence-corrected chi connectivity index (χ1v) is 10.9. The van der Waals surface area contributed by atoms with Crippen molar-refractivity contribution < 1.29 is 9.53 Å². The van der Waals surface area contributed by atoms with Gasteiger partial charge in [-0.3, -0.25) is 24.0 Å². The number of nitrogens with one attached hydrogen (secondary N) is 1. The van der Waals surface area contributed by atoms with Crippen LogP contribution < -0.4 is 26.6 Å². The molecule has 0 bridgehead atoms. The average Bonchev–Trinajstić information content (AvgIpc) is 2.79. The smallest absolute Gasteiger partial charge is 0.330 e. The summed E-state index contributed by atoms with van der Waals surface area (Å²) in [4.78, 5) is 42.9. The second-order valence-corrected chi connectivity index (χ2v) is 7.95. The maximum atomic E-state index is 13.8. The number of ether oxygens (including phenoxy) is 1. The van der Waals surface area contributed by atoms with Gasteiger partial charge in [0.25, 0.3) is 11.5 Å². The summed E-state index contributed by atoms with van der Waals surface area (Å²) in [5.74, 6) is 0.149.